The number of amides is 1. The number of carbonyl (C=O) groups is 1. The number of aromatic hydroxyl groups is 1. The van der Waals surface area contributed by atoms with Gasteiger partial charge in [-0.2, -0.15) is 10.1 Å². The molecule has 0 atom stereocenters. The Hall–Kier alpha value is -2.90. The number of halogens is 2. The summed E-state index contributed by atoms with van der Waals surface area (Å²) >= 11 is 11.9. The van der Waals surface area contributed by atoms with E-state index in [1.807, 2.05) is 0 Å². The highest BCUT2D eigenvalue weighted by atomic mass is 35.5. The molecule has 0 saturated carbocycles. The van der Waals surface area contributed by atoms with Crippen LogP contribution in [0.15, 0.2) is 47.1 Å². The van der Waals surface area contributed by atoms with Gasteiger partial charge in [-0.05, 0) is 31.2 Å². The first-order valence-electron chi connectivity index (χ1n) is 7.32. The summed E-state index contributed by atoms with van der Waals surface area (Å²) in [4.78, 5) is 22.9. The highest BCUT2D eigenvalue weighted by molar-refractivity contribution is 6.42. The van der Waals surface area contributed by atoms with Crippen LogP contribution in [0.2, 0.25) is 10.0 Å². The van der Waals surface area contributed by atoms with E-state index in [9.17, 15) is 20.0 Å². The van der Waals surface area contributed by atoms with Gasteiger partial charge in [0.05, 0.1) is 31.9 Å². The summed E-state index contributed by atoms with van der Waals surface area (Å²) in [6.07, 6.45) is 1.36. The molecule has 9 heteroatoms. The Morgan fingerprint density at radius 3 is 2.62 bits per heavy atom. The first-order valence-corrected chi connectivity index (χ1v) is 8.08. The van der Waals surface area contributed by atoms with Crippen LogP contribution in [0.25, 0.3) is 6.08 Å². The van der Waals surface area contributed by atoms with Gasteiger partial charge in [-0.1, -0.05) is 35.3 Å². The maximum atomic E-state index is 12.7. The van der Waals surface area contributed by atoms with E-state index >= 15 is 0 Å². The van der Waals surface area contributed by atoms with Crippen LogP contribution < -0.4 is 5.01 Å². The average molecular weight is 392 g/mol. The first kappa shape index (κ1) is 17.9. The number of anilines is 1. The Balaban J connectivity index is 2.01. The van der Waals surface area contributed by atoms with E-state index in [0.29, 0.717) is 16.4 Å². The molecule has 0 fully saturated rings. The summed E-state index contributed by atoms with van der Waals surface area (Å²) in [5.41, 5.74) is 0.725. The minimum absolute atomic E-state index is 0.146. The number of nitro benzene ring substituents is 1. The van der Waals surface area contributed by atoms with Gasteiger partial charge in [0.1, 0.15) is 0 Å². The van der Waals surface area contributed by atoms with E-state index in [4.69, 9.17) is 23.2 Å². The number of benzene rings is 2. The molecule has 0 radical (unpaired) electrons. The van der Waals surface area contributed by atoms with Crippen LogP contribution in [-0.2, 0) is 4.79 Å². The molecule has 1 amide bonds. The molecule has 0 aliphatic carbocycles. The zero-order chi connectivity index (χ0) is 19.0. The number of rotatable bonds is 3. The van der Waals surface area contributed by atoms with Crippen LogP contribution in [0.1, 0.15) is 12.5 Å². The monoisotopic (exact) mass is 391 g/mol. The van der Waals surface area contributed by atoms with Gasteiger partial charge in [-0.25, -0.2) is 0 Å². The highest BCUT2D eigenvalue weighted by Gasteiger charge is 2.29. The molecule has 0 aromatic heterocycles. The second-order valence-corrected chi connectivity index (χ2v) is 6.25. The van der Waals surface area contributed by atoms with Crippen molar-refractivity contribution in [3.8, 4) is 5.75 Å². The lowest BCUT2D eigenvalue weighted by atomic mass is 10.1. The van der Waals surface area contributed by atoms with E-state index in [1.165, 1.54) is 30.3 Å². The number of hydrazone groups is 1. The fourth-order valence-electron chi connectivity index (χ4n) is 2.44. The van der Waals surface area contributed by atoms with E-state index < -0.39 is 22.3 Å². The van der Waals surface area contributed by atoms with E-state index in [0.717, 1.165) is 5.01 Å². The Morgan fingerprint density at radius 2 is 1.96 bits per heavy atom. The Kier molecular flexibility index (Phi) is 4.67. The molecule has 0 saturated heterocycles. The molecule has 1 aliphatic rings. The third-order valence-corrected chi connectivity index (χ3v) is 4.49. The van der Waals surface area contributed by atoms with Crippen LogP contribution in [0.5, 0.6) is 5.75 Å². The molecule has 132 valence electrons. The third-order valence-electron chi connectivity index (χ3n) is 3.75. The van der Waals surface area contributed by atoms with E-state index in [2.05, 4.69) is 5.10 Å². The van der Waals surface area contributed by atoms with Crippen molar-refractivity contribution in [1.82, 2.24) is 0 Å². The van der Waals surface area contributed by atoms with Gasteiger partial charge in [-0.3, -0.25) is 14.9 Å². The third kappa shape index (κ3) is 3.14. The van der Waals surface area contributed by atoms with Crippen LogP contribution in [0, 0.1) is 10.1 Å². The molecule has 0 unspecified atom stereocenters. The number of nitrogens with zero attached hydrogens (tertiary/aromatic N) is 3. The zero-order valence-electron chi connectivity index (χ0n) is 13.3. The number of phenols is 1. The standard InChI is InChI=1S/C17H11Cl2N3O4/c1-9-12(7-10-3-2-4-15(16(10)23)22(25)26)17(24)21(20-9)11-5-6-13(18)14(19)8-11/h2-8,23H,1H3. The van der Waals surface area contributed by atoms with Gasteiger partial charge in [0.25, 0.3) is 5.91 Å². The number of carbonyl (C=O) groups excluding carboxylic acids is 1. The van der Waals surface area contributed by atoms with Crippen molar-refractivity contribution in [2.75, 3.05) is 5.01 Å². The van der Waals surface area contributed by atoms with Gasteiger partial charge >= 0.3 is 5.69 Å². The molecule has 0 bridgehead atoms. The Bertz CT molecular complexity index is 1000. The highest BCUT2D eigenvalue weighted by Crippen LogP contribution is 2.34. The van der Waals surface area contributed by atoms with Crippen molar-refractivity contribution in [3.63, 3.8) is 0 Å². The first-order chi connectivity index (χ1) is 12.3. The van der Waals surface area contributed by atoms with Crippen molar-refractivity contribution in [1.29, 1.82) is 0 Å². The molecule has 3 rings (SSSR count). The van der Waals surface area contributed by atoms with E-state index in [-0.39, 0.29) is 16.2 Å². The summed E-state index contributed by atoms with van der Waals surface area (Å²) < 4.78 is 0. The molecule has 1 aliphatic heterocycles. The Labute approximate surface area is 157 Å². The van der Waals surface area contributed by atoms with Crippen molar-refractivity contribution in [2.24, 2.45) is 5.10 Å². The number of hydrogen-bond donors (Lipinski definition) is 1. The second kappa shape index (κ2) is 6.78. The van der Waals surface area contributed by atoms with Crippen LogP contribution in [0.3, 0.4) is 0 Å². The number of hydrogen-bond acceptors (Lipinski definition) is 5. The predicted octanol–water partition coefficient (Wildman–Crippen LogP) is 4.41. The normalized spacial score (nSPS) is 15.5. The SMILES string of the molecule is CC1=NN(c2ccc(Cl)c(Cl)c2)C(=O)C1=Cc1cccc([N+](=O)[O-])c1O. The van der Waals surface area contributed by atoms with E-state index in [1.54, 1.807) is 19.1 Å². The zero-order valence-corrected chi connectivity index (χ0v) is 14.8. The summed E-state index contributed by atoms with van der Waals surface area (Å²) in [5, 5.41) is 27.0. The summed E-state index contributed by atoms with van der Waals surface area (Å²) in [7, 11) is 0. The lowest BCUT2D eigenvalue weighted by molar-refractivity contribution is -0.385. The van der Waals surface area contributed by atoms with Gasteiger partial charge in [0, 0.05) is 11.6 Å². The van der Waals surface area contributed by atoms with Gasteiger partial charge < -0.3 is 5.11 Å². The summed E-state index contributed by atoms with van der Waals surface area (Å²) in [6, 6.07) is 8.72. The van der Waals surface area contributed by atoms with Gasteiger partial charge in [0.15, 0.2) is 0 Å². The minimum atomic E-state index is -0.698. The second-order valence-electron chi connectivity index (χ2n) is 5.43. The van der Waals surface area contributed by atoms with Crippen LogP contribution in [0.4, 0.5) is 11.4 Å². The molecule has 1 N–H and O–H groups in total. The van der Waals surface area contributed by atoms with Gasteiger partial charge in [-0.15, -0.1) is 0 Å². The average Bonchev–Trinajstić information content (AvgIpc) is 2.87. The summed E-state index contributed by atoms with van der Waals surface area (Å²) in [6.45, 7) is 1.62. The van der Waals surface area contributed by atoms with Crippen molar-refractivity contribution >= 4 is 52.3 Å². The number of nitro groups is 1. The number of para-hydroxylation sites is 1. The maximum Gasteiger partial charge on any atom is 0.311 e. The van der Waals surface area contributed by atoms with Crippen molar-refractivity contribution in [3.05, 3.63) is 67.7 Å². The minimum Gasteiger partial charge on any atom is -0.502 e. The molecule has 7 nitrogen and oxygen atoms in total. The lowest BCUT2D eigenvalue weighted by Gasteiger charge is -2.12. The Morgan fingerprint density at radius 1 is 1.23 bits per heavy atom. The van der Waals surface area contributed by atoms with Crippen molar-refractivity contribution < 1.29 is 14.8 Å². The lowest BCUT2D eigenvalue weighted by Crippen LogP contribution is -2.21. The maximum absolute atomic E-state index is 12.7. The topological polar surface area (TPSA) is 96.0 Å². The predicted molar refractivity (Wildman–Crippen MR) is 99.8 cm³/mol. The number of phenolic OH excluding ortho intramolecular Hbond substituents is 1. The molecular weight excluding hydrogens is 381 g/mol. The van der Waals surface area contributed by atoms with Crippen molar-refractivity contribution in [2.45, 2.75) is 6.92 Å². The molecule has 1 heterocycles. The smallest absolute Gasteiger partial charge is 0.311 e. The summed E-state index contributed by atoms with van der Waals surface area (Å²) in [5.74, 6) is -0.967. The fourth-order valence-corrected chi connectivity index (χ4v) is 2.74. The quantitative estimate of drug-likeness (QED) is 0.475. The van der Waals surface area contributed by atoms with Gasteiger partial charge in [0.2, 0.25) is 5.75 Å². The van der Waals surface area contributed by atoms with Crippen LogP contribution in [-0.4, -0.2) is 21.6 Å². The molecule has 26 heavy (non-hydrogen) atoms. The molecule has 2 aromatic rings. The fraction of sp³-hybridized carbons (Fsp3) is 0.0588. The molecule has 2 aromatic carbocycles. The largest absolute Gasteiger partial charge is 0.502 e. The van der Waals surface area contributed by atoms with Crippen LogP contribution >= 0.6 is 23.2 Å². The molecule has 0 spiro atoms. The molecular formula is C17H11Cl2N3O4.